The minimum absolute atomic E-state index is 0.0203. The fourth-order valence-electron chi connectivity index (χ4n) is 4.85. The molecule has 1 aromatic heterocycles. The number of rotatable bonds is 10. The number of amides is 1. The molecule has 3 aromatic rings. The Morgan fingerprint density at radius 1 is 0.944 bits per heavy atom. The van der Waals surface area contributed by atoms with E-state index >= 15 is 0 Å². The molecule has 1 heterocycles. The van der Waals surface area contributed by atoms with E-state index in [1.165, 1.54) is 29.7 Å². The van der Waals surface area contributed by atoms with Gasteiger partial charge in [0.25, 0.3) is 5.91 Å². The van der Waals surface area contributed by atoms with Gasteiger partial charge < -0.3 is 15.2 Å². The Labute approximate surface area is 214 Å². The third kappa shape index (κ3) is 5.95. The normalized spacial score (nSPS) is 19.7. The van der Waals surface area contributed by atoms with Crippen LogP contribution in [0.4, 0.5) is 0 Å². The third-order valence-corrected chi connectivity index (χ3v) is 8.28. The summed E-state index contributed by atoms with van der Waals surface area (Å²) in [6.07, 6.45) is 6.21. The molecule has 5 rings (SSSR count). The largest absolute Gasteiger partial charge is 0.490 e. The molecule has 188 valence electrons. The number of aliphatic carboxylic acids is 1. The highest BCUT2D eigenvalue weighted by Crippen LogP contribution is 2.41. The van der Waals surface area contributed by atoms with Gasteiger partial charge in [-0.15, -0.1) is 11.3 Å². The average Bonchev–Trinajstić information content (AvgIpc) is 3.65. The summed E-state index contributed by atoms with van der Waals surface area (Å²) in [7, 11) is 0. The van der Waals surface area contributed by atoms with Crippen LogP contribution in [0.25, 0.3) is 10.1 Å². The molecule has 2 aromatic carbocycles. The molecular weight excluding hydrogens is 474 g/mol. The van der Waals surface area contributed by atoms with Crippen LogP contribution in [-0.4, -0.2) is 35.4 Å². The molecule has 0 bridgehead atoms. The van der Waals surface area contributed by atoms with Crippen molar-refractivity contribution in [3.8, 4) is 5.75 Å². The monoisotopic (exact) mass is 505 g/mol. The summed E-state index contributed by atoms with van der Waals surface area (Å²) < 4.78 is 7.13. The van der Waals surface area contributed by atoms with Gasteiger partial charge in [-0.2, -0.15) is 0 Å². The number of hydrogen-bond acceptors (Lipinski definition) is 5. The van der Waals surface area contributed by atoms with Crippen molar-refractivity contribution in [3.05, 3.63) is 64.5 Å². The maximum Gasteiger partial charge on any atom is 0.306 e. The lowest BCUT2D eigenvalue weighted by molar-refractivity contribution is -0.143. The van der Waals surface area contributed by atoms with Crippen molar-refractivity contribution in [2.75, 3.05) is 6.54 Å². The lowest BCUT2D eigenvalue weighted by atomic mass is 9.87. The van der Waals surface area contributed by atoms with Crippen LogP contribution in [0.2, 0.25) is 0 Å². The molecule has 2 aliphatic carbocycles. The van der Waals surface area contributed by atoms with Crippen LogP contribution in [0.1, 0.15) is 82.9 Å². The predicted molar refractivity (Wildman–Crippen MR) is 140 cm³/mol. The van der Waals surface area contributed by atoms with E-state index in [0.29, 0.717) is 54.3 Å². The molecule has 2 fully saturated rings. The van der Waals surface area contributed by atoms with Crippen molar-refractivity contribution >= 4 is 39.1 Å². The number of carbonyl (C=O) groups is 3. The van der Waals surface area contributed by atoms with Gasteiger partial charge in [0, 0.05) is 23.2 Å². The molecule has 1 amide bonds. The Bertz CT molecular complexity index is 1250. The van der Waals surface area contributed by atoms with Crippen molar-refractivity contribution in [1.82, 2.24) is 5.32 Å². The van der Waals surface area contributed by atoms with Crippen LogP contribution in [0.15, 0.2) is 48.5 Å². The summed E-state index contributed by atoms with van der Waals surface area (Å²) in [6, 6.07) is 15.6. The molecule has 0 radical (unpaired) electrons. The molecule has 2 saturated carbocycles. The molecule has 0 aliphatic heterocycles. The van der Waals surface area contributed by atoms with E-state index in [9.17, 15) is 14.4 Å². The number of benzene rings is 2. The molecule has 0 spiro atoms. The number of nitrogens with one attached hydrogen (secondary N) is 1. The van der Waals surface area contributed by atoms with Crippen LogP contribution in [0.3, 0.4) is 0 Å². The van der Waals surface area contributed by atoms with Gasteiger partial charge >= 0.3 is 5.97 Å². The predicted octanol–water partition coefficient (Wildman–Crippen LogP) is 6.19. The summed E-state index contributed by atoms with van der Waals surface area (Å²) in [5.41, 5.74) is 2.00. The molecule has 2 aliphatic rings. The van der Waals surface area contributed by atoms with E-state index in [1.807, 2.05) is 6.07 Å². The zero-order valence-corrected chi connectivity index (χ0v) is 21.0. The van der Waals surface area contributed by atoms with Crippen molar-refractivity contribution < 1.29 is 24.2 Å². The second kappa shape index (κ2) is 10.8. The van der Waals surface area contributed by atoms with E-state index < -0.39 is 5.97 Å². The first-order chi connectivity index (χ1) is 17.5. The second-order valence-corrected chi connectivity index (χ2v) is 11.0. The van der Waals surface area contributed by atoms with Crippen LogP contribution in [0.5, 0.6) is 5.75 Å². The molecular formula is C29H31NO5S. The number of Topliss-reactive ketones (excluding diaryl/α,β-unsaturated/α-hetero) is 1. The van der Waals surface area contributed by atoms with Crippen molar-refractivity contribution in [1.29, 1.82) is 0 Å². The van der Waals surface area contributed by atoms with Crippen LogP contribution < -0.4 is 10.1 Å². The fourth-order valence-corrected chi connectivity index (χ4v) is 5.88. The highest BCUT2D eigenvalue weighted by atomic mass is 32.1. The molecule has 0 atom stereocenters. The molecule has 6 nitrogen and oxygen atoms in total. The van der Waals surface area contributed by atoms with E-state index in [2.05, 4.69) is 23.5 Å². The van der Waals surface area contributed by atoms with Crippen molar-refractivity contribution in [3.63, 3.8) is 0 Å². The molecule has 2 N–H and O–H groups in total. The Hall–Kier alpha value is -3.19. The zero-order chi connectivity index (χ0) is 25.1. The van der Waals surface area contributed by atoms with E-state index in [4.69, 9.17) is 9.84 Å². The Morgan fingerprint density at radius 3 is 2.39 bits per heavy atom. The summed E-state index contributed by atoms with van der Waals surface area (Å²) in [6.45, 7) is 0.451. The van der Waals surface area contributed by atoms with Crippen molar-refractivity contribution in [2.24, 2.45) is 5.92 Å². The number of carbonyl (C=O) groups excluding carboxylic acids is 2. The summed E-state index contributed by atoms with van der Waals surface area (Å²) >= 11 is 1.52. The van der Waals surface area contributed by atoms with Gasteiger partial charge in [0.1, 0.15) is 5.75 Å². The number of carboxylic acid groups (broad SMARTS) is 1. The highest BCUT2D eigenvalue weighted by Gasteiger charge is 2.27. The number of ketones is 1. The number of thiophene rings is 1. The first-order valence-corrected chi connectivity index (χ1v) is 13.6. The van der Waals surface area contributed by atoms with E-state index in [-0.39, 0.29) is 23.7 Å². The van der Waals surface area contributed by atoms with Gasteiger partial charge in [0.2, 0.25) is 0 Å². The van der Waals surface area contributed by atoms with E-state index in [1.54, 1.807) is 24.3 Å². The number of ether oxygens (including phenoxy) is 1. The smallest absolute Gasteiger partial charge is 0.306 e. The average molecular weight is 506 g/mol. The van der Waals surface area contributed by atoms with Gasteiger partial charge in [-0.3, -0.25) is 14.4 Å². The van der Waals surface area contributed by atoms with Crippen LogP contribution >= 0.6 is 11.3 Å². The second-order valence-electron chi connectivity index (χ2n) is 9.92. The zero-order valence-electron chi connectivity index (χ0n) is 20.2. The SMILES string of the molecule is O=C(CCCNC(=O)c1cc2ccc(C3CC3)cc2s1)c1ccc(OC2CCC(C(=O)O)CC2)cc1. The minimum Gasteiger partial charge on any atom is -0.490 e. The minimum atomic E-state index is -0.724. The quantitative estimate of drug-likeness (QED) is 0.253. The Morgan fingerprint density at radius 2 is 1.69 bits per heavy atom. The molecule has 36 heavy (non-hydrogen) atoms. The fraction of sp³-hybridized carbons (Fsp3) is 0.414. The first-order valence-electron chi connectivity index (χ1n) is 12.8. The maximum absolute atomic E-state index is 12.6. The number of hydrogen-bond donors (Lipinski definition) is 2. The number of fused-ring (bicyclic) bond motifs is 1. The summed E-state index contributed by atoms with van der Waals surface area (Å²) in [5, 5.41) is 13.2. The maximum atomic E-state index is 12.6. The van der Waals surface area contributed by atoms with Gasteiger partial charge in [0.15, 0.2) is 5.78 Å². The van der Waals surface area contributed by atoms with Gasteiger partial charge in [0.05, 0.1) is 16.9 Å². The van der Waals surface area contributed by atoms with Crippen molar-refractivity contribution in [2.45, 2.75) is 63.4 Å². The molecule has 0 saturated heterocycles. The molecule has 0 unspecified atom stereocenters. The summed E-state index contributed by atoms with van der Waals surface area (Å²) in [5.74, 6) is 0.353. The Balaban J connectivity index is 1.04. The third-order valence-electron chi connectivity index (χ3n) is 7.19. The molecule has 7 heteroatoms. The summed E-state index contributed by atoms with van der Waals surface area (Å²) in [4.78, 5) is 36.9. The highest BCUT2D eigenvalue weighted by molar-refractivity contribution is 7.20. The standard InChI is InChI=1S/C29H31NO5S/c31-25(19-7-11-23(12-8-19)35-24-13-9-20(10-14-24)29(33)34)2-1-15-30-28(32)27-17-22-6-5-21(18-3-4-18)16-26(22)36-27/h5-8,11-12,16-18,20,24H,1-4,9-10,13-15H2,(H,30,32)(H,33,34). The van der Waals surface area contributed by atoms with Gasteiger partial charge in [-0.1, -0.05) is 12.1 Å². The van der Waals surface area contributed by atoms with Gasteiger partial charge in [-0.05, 0) is 98.2 Å². The van der Waals surface area contributed by atoms with Crippen LogP contribution in [-0.2, 0) is 4.79 Å². The number of carboxylic acids is 1. The van der Waals surface area contributed by atoms with E-state index in [0.717, 1.165) is 22.9 Å². The topological polar surface area (TPSA) is 92.7 Å². The van der Waals surface area contributed by atoms with Gasteiger partial charge in [-0.25, -0.2) is 0 Å². The van der Waals surface area contributed by atoms with Crippen LogP contribution in [0, 0.1) is 5.92 Å². The first kappa shape index (κ1) is 24.5. The Kier molecular flexibility index (Phi) is 7.37. The lowest BCUT2D eigenvalue weighted by Crippen LogP contribution is -2.27. The lowest BCUT2D eigenvalue weighted by Gasteiger charge is -2.26.